The van der Waals surface area contributed by atoms with Crippen molar-refractivity contribution in [2.45, 2.75) is 13.3 Å². The van der Waals surface area contributed by atoms with Crippen LogP contribution in [-0.2, 0) is 16.0 Å². The van der Waals surface area contributed by atoms with Gasteiger partial charge in [-0.2, -0.15) is 0 Å². The van der Waals surface area contributed by atoms with E-state index in [1.54, 1.807) is 0 Å². The van der Waals surface area contributed by atoms with Gasteiger partial charge in [0.15, 0.2) is 0 Å². The largest absolute Gasteiger partial charge is 0.340 e. The van der Waals surface area contributed by atoms with Gasteiger partial charge < -0.3 is 20.4 Å². The second-order valence-electron chi connectivity index (χ2n) is 7.25. The van der Waals surface area contributed by atoms with Crippen LogP contribution >= 0.6 is 0 Å². The Bertz CT molecular complexity index is 604. The van der Waals surface area contributed by atoms with Crippen LogP contribution in [0.1, 0.15) is 12.5 Å². The van der Waals surface area contributed by atoms with Gasteiger partial charge in [0.2, 0.25) is 11.8 Å². The van der Waals surface area contributed by atoms with Crippen molar-refractivity contribution in [3.05, 3.63) is 29.8 Å². The Labute approximate surface area is 149 Å². The molecule has 2 aliphatic heterocycles. The Hall–Kier alpha value is -1.92. The summed E-state index contributed by atoms with van der Waals surface area (Å²) in [7, 11) is 2.08. The number of hydrogen-bond donors (Lipinski definition) is 2. The summed E-state index contributed by atoms with van der Waals surface area (Å²) in [6.45, 7) is 7.29. The van der Waals surface area contributed by atoms with Gasteiger partial charge in [0.1, 0.15) is 0 Å². The van der Waals surface area contributed by atoms with Gasteiger partial charge in [0.05, 0.1) is 6.42 Å². The highest BCUT2D eigenvalue weighted by atomic mass is 16.2. The molecule has 25 heavy (non-hydrogen) atoms. The molecule has 1 aromatic rings. The highest BCUT2D eigenvalue weighted by Crippen LogP contribution is 2.19. The van der Waals surface area contributed by atoms with Crippen molar-refractivity contribution in [3.8, 4) is 0 Å². The van der Waals surface area contributed by atoms with Crippen molar-refractivity contribution in [2.75, 3.05) is 51.6 Å². The molecular formula is C19H28N4O2. The minimum Gasteiger partial charge on any atom is -0.340 e. The maximum atomic E-state index is 12.4. The summed E-state index contributed by atoms with van der Waals surface area (Å²) in [4.78, 5) is 28.8. The van der Waals surface area contributed by atoms with Crippen LogP contribution < -0.4 is 10.6 Å². The zero-order valence-electron chi connectivity index (χ0n) is 15.1. The maximum absolute atomic E-state index is 12.4. The first-order valence-corrected chi connectivity index (χ1v) is 9.10. The van der Waals surface area contributed by atoms with Crippen LogP contribution in [0.3, 0.4) is 0 Å². The molecule has 2 fully saturated rings. The molecule has 0 radical (unpaired) electrons. The Morgan fingerprint density at radius 2 is 1.80 bits per heavy atom. The second kappa shape index (κ2) is 7.97. The predicted octanol–water partition coefficient (Wildman–Crippen LogP) is 0.797. The number of anilines is 1. The van der Waals surface area contributed by atoms with Crippen LogP contribution in [0.4, 0.5) is 5.69 Å². The summed E-state index contributed by atoms with van der Waals surface area (Å²) >= 11 is 0. The maximum Gasteiger partial charge on any atom is 0.227 e. The molecule has 2 N–H and O–H groups in total. The molecule has 6 heteroatoms. The average molecular weight is 344 g/mol. The number of carbonyl (C=O) groups excluding carboxylic acids is 2. The lowest BCUT2D eigenvalue weighted by Gasteiger charge is -2.32. The normalized spacial score (nSPS) is 20.0. The number of hydrogen-bond acceptors (Lipinski definition) is 4. The first kappa shape index (κ1) is 17.9. The first-order chi connectivity index (χ1) is 12.0. The van der Waals surface area contributed by atoms with Crippen LogP contribution in [-0.4, -0.2) is 67.9 Å². The van der Waals surface area contributed by atoms with E-state index >= 15 is 0 Å². The van der Waals surface area contributed by atoms with Gasteiger partial charge in [-0.1, -0.05) is 19.1 Å². The number of benzene rings is 1. The number of rotatable bonds is 5. The number of nitrogens with one attached hydrogen (secondary N) is 2. The zero-order chi connectivity index (χ0) is 17.8. The van der Waals surface area contributed by atoms with E-state index in [9.17, 15) is 9.59 Å². The number of nitrogens with zero attached hydrogens (tertiary/aromatic N) is 2. The minimum atomic E-state index is 0.0136. The van der Waals surface area contributed by atoms with Crippen LogP contribution in [0, 0.1) is 11.8 Å². The van der Waals surface area contributed by atoms with E-state index in [1.807, 2.05) is 36.1 Å². The lowest BCUT2D eigenvalue weighted by Crippen LogP contribution is -2.48. The van der Waals surface area contributed by atoms with Crippen LogP contribution in [0.2, 0.25) is 0 Å². The summed E-state index contributed by atoms with van der Waals surface area (Å²) < 4.78 is 0. The van der Waals surface area contributed by atoms with E-state index in [0.717, 1.165) is 50.5 Å². The summed E-state index contributed by atoms with van der Waals surface area (Å²) in [5, 5.41) is 6.17. The van der Waals surface area contributed by atoms with Crippen LogP contribution in [0.5, 0.6) is 0 Å². The summed E-state index contributed by atoms with van der Waals surface area (Å²) in [5.41, 5.74) is 1.78. The molecule has 6 nitrogen and oxygen atoms in total. The lowest BCUT2D eigenvalue weighted by molar-refractivity contribution is -0.132. The Kier molecular flexibility index (Phi) is 5.71. The van der Waals surface area contributed by atoms with E-state index < -0.39 is 0 Å². The topological polar surface area (TPSA) is 64.7 Å². The average Bonchev–Trinajstić information content (AvgIpc) is 2.55. The van der Waals surface area contributed by atoms with E-state index in [1.165, 1.54) is 0 Å². The third-order valence-electron chi connectivity index (χ3n) is 5.37. The number of carbonyl (C=O) groups is 2. The zero-order valence-corrected chi connectivity index (χ0v) is 15.1. The molecule has 0 bridgehead atoms. The van der Waals surface area contributed by atoms with E-state index in [2.05, 4.69) is 22.6 Å². The standard InChI is InChI=1S/C19H28N4O2/c1-14(16-12-20-13-16)19(25)21-17-5-3-15(4-6-17)11-18(24)23-9-7-22(2)8-10-23/h3-6,14,16,20H,7-13H2,1-2H3,(H,21,25). The SMILES string of the molecule is CC(C(=O)Nc1ccc(CC(=O)N2CCN(C)CC2)cc1)C1CNC1. The molecule has 1 unspecified atom stereocenters. The van der Waals surface area contributed by atoms with Gasteiger partial charge in [-0.15, -0.1) is 0 Å². The third-order valence-corrected chi connectivity index (χ3v) is 5.37. The molecule has 0 saturated carbocycles. The van der Waals surface area contributed by atoms with Gasteiger partial charge in [0.25, 0.3) is 0 Å². The van der Waals surface area contributed by atoms with Gasteiger partial charge in [-0.3, -0.25) is 9.59 Å². The highest BCUT2D eigenvalue weighted by Gasteiger charge is 2.28. The van der Waals surface area contributed by atoms with Gasteiger partial charge in [-0.25, -0.2) is 0 Å². The minimum absolute atomic E-state index is 0.0136. The van der Waals surface area contributed by atoms with Crippen LogP contribution in [0.15, 0.2) is 24.3 Å². The molecule has 136 valence electrons. The molecule has 1 atom stereocenters. The van der Waals surface area contributed by atoms with E-state index in [-0.39, 0.29) is 17.7 Å². The summed E-state index contributed by atoms with van der Waals surface area (Å²) in [5.74, 6) is 0.684. The molecule has 2 amide bonds. The smallest absolute Gasteiger partial charge is 0.227 e. The Morgan fingerprint density at radius 1 is 1.16 bits per heavy atom. The fourth-order valence-electron chi connectivity index (χ4n) is 3.18. The predicted molar refractivity (Wildman–Crippen MR) is 98.4 cm³/mol. The Morgan fingerprint density at radius 3 is 2.36 bits per heavy atom. The van der Waals surface area contributed by atoms with Gasteiger partial charge in [0, 0.05) is 37.8 Å². The molecule has 0 aliphatic carbocycles. The molecule has 0 spiro atoms. The fourth-order valence-corrected chi connectivity index (χ4v) is 3.18. The molecule has 3 rings (SSSR count). The van der Waals surface area contributed by atoms with Crippen molar-refractivity contribution in [1.29, 1.82) is 0 Å². The van der Waals surface area contributed by atoms with E-state index in [0.29, 0.717) is 12.3 Å². The lowest BCUT2D eigenvalue weighted by atomic mass is 9.88. The first-order valence-electron chi connectivity index (χ1n) is 9.10. The number of likely N-dealkylation sites (N-methyl/N-ethyl adjacent to an activating group) is 1. The van der Waals surface area contributed by atoms with Crippen molar-refractivity contribution < 1.29 is 9.59 Å². The molecule has 0 aromatic heterocycles. The number of piperazine rings is 1. The Balaban J connectivity index is 1.49. The van der Waals surface area contributed by atoms with Gasteiger partial charge >= 0.3 is 0 Å². The van der Waals surface area contributed by atoms with Crippen molar-refractivity contribution in [1.82, 2.24) is 15.1 Å². The monoisotopic (exact) mass is 344 g/mol. The van der Waals surface area contributed by atoms with Gasteiger partial charge in [-0.05, 0) is 43.8 Å². The molecular weight excluding hydrogens is 316 g/mol. The fraction of sp³-hybridized carbons (Fsp3) is 0.579. The highest BCUT2D eigenvalue weighted by molar-refractivity contribution is 5.92. The molecule has 1 aromatic carbocycles. The summed E-state index contributed by atoms with van der Waals surface area (Å²) in [6.07, 6.45) is 0.419. The number of amides is 2. The second-order valence-corrected chi connectivity index (χ2v) is 7.25. The van der Waals surface area contributed by atoms with Crippen LogP contribution in [0.25, 0.3) is 0 Å². The van der Waals surface area contributed by atoms with Crippen molar-refractivity contribution in [3.63, 3.8) is 0 Å². The van der Waals surface area contributed by atoms with Crippen molar-refractivity contribution >= 4 is 17.5 Å². The molecule has 2 aliphatic rings. The summed E-state index contributed by atoms with van der Waals surface area (Å²) in [6, 6.07) is 7.63. The molecule has 2 saturated heterocycles. The van der Waals surface area contributed by atoms with Crippen molar-refractivity contribution in [2.24, 2.45) is 11.8 Å². The quantitative estimate of drug-likeness (QED) is 0.829. The molecule has 2 heterocycles. The third kappa shape index (κ3) is 4.58. The van der Waals surface area contributed by atoms with E-state index in [4.69, 9.17) is 0 Å².